The van der Waals surface area contributed by atoms with Gasteiger partial charge in [0.25, 0.3) is 5.91 Å². The van der Waals surface area contributed by atoms with Gasteiger partial charge in [0.1, 0.15) is 0 Å². The zero-order valence-corrected chi connectivity index (χ0v) is 14.1. The molecule has 0 N–H and O–H groups in total. The molecule has 0 spiro atoms. The molecule has 2 heterocycles. The summed E-state index contributed by atoms with van der Waals surface area (Å²) in [5, 5.41) is 4.59. The molecule has 122 valence electrons. The molecule has 0 bridgehead atoms. The summed E-state index contributed by atoms with van der Waals surface area (Å²) in [5.41, 5.74) is 1.53. The minimum Gasteiger partial charge on any atom is -0.340 e. The lowest BCUT2D eigenvalue weighted by molar-refractivity contribution is 0.0671. The highest BCUT2D eigenvalue weighted by Crippen LogP contribution is 2.24. The molecule has 1 aromatic heterocycles. The number of carbonyl (C=O) groups excluding carboxylic acids is 1. The molecule has 1 aliphatic heterocycles. The number of nitrogens with zero attached hydrogens (tertiary/aromatic N) is 3. The molecule has 1 atom stereocenters. The predicted molar refractivity (Wildman–Crippen MR) is 87.6 cm³/mol. The molecule has 1 amide bonds. The van der Waals surface area contributed by atoms with Gasteiger partial charge in [-0.05, 0) is 43.4 Å². The summed E-state index contributed by atoms with van der Waals surface area (Å²) < 4.78 is 5.02. The monoisotopic (exact) mass is 333 g/mol. The van der Waals surface area contributed by atoms with Crippen LogP contribution in [0.5, 0.6) is 0 Å². The van der Waals surface area contributed by atoms with Gasteiger partial charge in [-0.2, -0.15) is 4.98 Å². The fourth-order valence-electron chi connectivity index (χ4n) is 3.11. The van der Waals surface area contributed by atoms with Gasteiger partial charge < -0.3 is 9.42 Å². The zero-order chi connectivity index (χ0) is 16.4. The smallest absolute Gasteiger partial charge is 0.254 e. The normalized spacial score (nSPS) is 18.2. The number of carbonyl (C=O) groups is 1. The lowest BCUT2D eigenvalue weighted by Crippen LogP contribution is -2.40. The lowest BCUT2D eigenvalue weighted by Gasteiger charge is -2.32. The third kappa shape index (κ3) is 3.55. The molecule has 2 aromatic rings. The summed E-state index contributed by atoms with van der Waals surface area (Å²) in [4.78, 5) is 19.0. The van der Waals surface area contributed by atoms with Crippen LogP contribution < -0.4 is 0 Å². The van der Waals surface area contributed by atoms with Crippen LogP contribution in [-0.4, -0.2) is 34.0 Å². The van der Waals surface area contributed by atoms with Gasteiger partial charge >= 0.3 is 0 Å². The Morgan fingerprint density at radius 1 is 1.43 bits per heavy atom. The summed E-state index contributed by atoms with van der Waals surface area (Å²) in [6.45, 7) is 5.18. The van der Waals surface area contributed by atoms with Crippen molar-refractivity contribution in [1.82, 2.24) is 15.0 Å². The molecule has 0 unspecified atom stereocenters. The Balaban J connectivity index is 1.70. The van der Waals surface area contributed by atoms with Crippen molar-refractivity contribution in [3.05, 3.63) is 46.1 Å². The molecule has 1 fully saturated rings. The molecule has 3 rings (SSSR count). The van der Waals surface area contributed by atoms with Crippen molar-refractivity contribution in [2.24, 2.45) is 5.92 Å². The van der Waals surface area contributed by atoms with Crippen LogP contribution in [0, 0.1) is 19.8 Å². The second kappa shape index (κ2) is 6.71. The highest BCUT2D eigenvalue weighted by molar-refractivity contribution is 6.31. The minimum absolute atomic E-state index is 0.0546. The fraction of sp³-hybridized carbons (Fsp3) is 0.471. The van der Waals surface area contributed by atoms with Crippen molar-refractivity contribution in [3.63, 3.8) is 0 Å². The molecule has 1 aromatic carbocycles. The Morgan fingerprint density at radius 3 is 3.00 bits per heavy atom. The minimum atomic E-state index is 0.0546. The number of hydrogen-bond donors (Lipinski definition) is 0. The van der Waals surface area contributed by atoms with Crippen LogP contribution in [0.2, 0.25) is 5.02 Å². The average molecular weight is 334 g/mol. The van der Waals surface area contributed by atoms with Crippen LogP contribution in [-0.2, 0) is 6.42 Å². The van der Waals surface area contributed by atoms with Gasteiger partial charge in [0.05, 0.1) is 0 Å². The van der Waals surface area contributed by atoms with E-state index in [9.17, 15) is 4.79 Å². The number of halogens is 1. The van der Waals surface area contributed by atoms with E-state index in [4.69, 9.17) is 16.1 Å². The second-order valence-corrected chi connectivity index (χ2v) is 6.51. The maximum Gasteiger partial charge on any atom is 0.254 e. The van der Waals surface area contributed by atoms with E-state index < -0.39 is 0 Å². The zero-order valence-electron chi connectivity index (χ0n) is 13.4. The SMILES string of the molecule is Cc1nc(C[C@H]2CCCN(C(=O)c3cccc(Cl)c3C)C2)no1. The number of piperidine rings is 1. The van der Waals surface area contributed by atoms with Crippen molar-refractivity contribution >= 4 is 17.5 Å². The van der Waals surface area contributed by atoms with Crippen molar-refractivity contribution < 1.29 is 9.32 Å². The van der Waals surface area contributed by atoms with Crippen LogP contribution in [0.1, 0.15) is 40.5 Å². The first kappa shape index (κ1) is 16.0. The molecule has 0 saturated carbocycles. The second-order valence-electron chi connectivity index (χ2n) is 6.11. The van der Waals surface area contributed by atoms with Gasteiger partial charge in [-0.15, -0.1) is 0 Å². The molecule has 6 heteroatoms. The van der Waals surface area contributed by atoms with Gasteiger partial charge in [-0.25, -0.2) is 0 Å². The van der Waals surface area contributed by atoms with Crippen LogP contribution in [0.25, 0.3) is 0 Å². The van der Waals surface area contributed by atoms with Crippen molar-refractivity contribution in [3.8, 4) is 0 Å². The first-order valence-electron chi connectivity index (χ1n) is 7.88. The maximum absolute atomic E-state index is 12.8. The number of hydrogen-bond acceptors (Lipinski definition) is 4. The number of aromatic nitrogens is 2. The summed E-state index contributed by atoms with van der Waals surface area (Å²) in [6, 6.07) is 5.48. The van der Waals surface area contributed by atoms with E-state index in [-0.39, 0.29) is 5.91 Å². The first-order chi connectivity index (χ1) is 11.0. The molecule has 23 heavy (non-hydrogen) atoms. The summed E-state index contributed by atoms with van der Waals surface area (Å²) in [5.74, 6) is 1.72. The fourth-order valence-corrected chi connectivity index (χ4v) is 3.28. The summed E-state index contributed by atoms with van der Waals surface area (Å²) in [6.07, 6.45) is 2.81. The van der Waals surface area contributed by atoms with Crippen molar-refractivity contribution in [2.45, 2.75) is 33.1 Å². The quantitative estimate of drug-likeness (QED) is 0.863. The van der Waals surface area contributed by atoms with Gasteiger partial charge in [0.2, 0.25) is 5.89 Å². The Labute approximate surface area is 140 Å². The number of amides is 1. The Bertz CT molecular complexity index is 714. The predicted octanol–water partition coefficient (Wildman–Crippen LogP) is 3.43. The van der Waals surface area contributed by atoms with Crippen LogP contribution in [0.4, 0.5) is 0 Å². The van der Waals surface area contributed by atoms with E-state index in [1.165, 1.54) is 0 Å². The summed E-state index contributed by atoms with van der Waals surface area (Å²) in [7, 11) is 0. The number of benzene rings is 1. The molecule has 5 nitrogen and oxygen atoms in total. The van der Waals surface area contributed by atoms with Gasteiger partial charge in [-0.1, -0.05) is 22.8 Å². The highest BCUT2D eigenvalue weighted by Gasteiger charge is 2.26. The van der Waals surface area contributed by atoms with Crippen LogP contribution in [0.3, 0.4) is 0 Å². The van der Waals surface area contributed by atoms with Crippen LogP contribution in [0.15, 0.2) is 22.7 Å². The average Bonchev–Trinajstić information content (AvgIpc) is 2.95. The van der Waals surface area contributed by atoms with E-state index in [2.05, 4.69) is 10.1 Å². The molecular formula is C17H20ClN3O2. The highest BCUT2D eigenvalue weighted by atomic mass is 35.5. The van der Waals surface area contributed by atoms with Crippen molar-refractivity contribution in [1.29, 1.82) is 0 Å². The summed E-state index contributed by atoms with van der Waals surface area (Å²) >= 11 is 6.14. The first-order valence-corrected chi connectivity index (χ1v) is 8.26. The molecule has 1 saturated heterocycles. The van der Waals surface area contributed by atoms with E-state index >= 15 is 0 Å². The van der Waals surface area contributed by atoms with Crippen molar-refractivity contribution in [2.75, 3.05) is 13.1 Å². The molecule has 0 radical (unpaired) electrons. The molecule has 0 aliphatic carbocycles. The van der Waals surface area contributed by atoms with E-state index in [0.717, 1.165) is 43.7 Å². The van der Waals surface area contributed by atoms with E-state index in [0.29, 0.717) is 22.4 Å². The number of rotatable bonds is 3. The van der Waals surface area contributed by atoms with Gasteiger partial charge in [-0.3, -0.25) is 4.79 Å². The largest absolute Gasteiger partial charge is 0.340 e. The third-order valence-corrected chi connectivity index (χ3v) is 4.75. The molecule has 1 aliphatic rings. The van der Waals surface area contributed by atoms with Gasteiger partial charge in [0.15, 0.2) is 5.82 Å². The van der Waals surface area contributed by atoms with E-state index in [1.54, 1.807) is 6.92 Å². The Hall–Kier alpha value is -1.88. The number of likely N-dealkylation sites (tertiary alicyclic amines) is 1. The maximum atomic E-state index is 12.8. The molecular weight excluding hydrogens is 314 g/mol. The number of aryl methyl sites for hydroxylation is 1. The van der Waals surface area contributed by atoms with Crippen LogP contribution >= 0.6 is 11.6 Å². The van der Waals surface area contributed by atoms with Gasteiger partial charge in [0, 0.05) is 37.0 Å². The third-order valence-electron chi connectivity index (χ3n) is 4.35. The standard InChI is InChI=1S/C17H20ClN3O2/c1-11-14(6-3-7-15(11)18)17(22)21-8-4-5-13(10-21)9-16-19-12(2)23-20-16/h3,6-7,13H,4-5,8-10H2,1-2H3/t13-/m1/s1. The Morgan fingerprint density at radius 2 is 2.26 bits per heavy atom. The topological polar surface area (TPSA) is 59.2 Å². The lowest BCUT2D eigenvalue weighted by atomic mass is 9.93. The van der Waals surface area contributed by atoms with E-state index in [1.807, 2.05) is 30.0 Å². The Kier molecular flexibility index (Phi) is 4.66.